The Bertz CT molecular complexity index is 522. The minimum atomic E-state index is 0.0233. The Morgan fingerprint density at radius 3 is 2.95 bits per heavy atom. The van der Waals surface area contributed by atoms with Crippen molar-refractivity contribution in [3.8, 4) is 11.3 Å². The van der Waals surface area contributed by atoms with Crippen molar-refractivity contribution >= 4 is 11.6 Å². The van der Waals surface area contributed by atoms with Crippen molar-refractivity contribution in [3.05, 3.63) is 36.5 Å². The molecule has 0 aliphatic carbocycles. The van der Waals surface area contributed by atoms with Gasteiger partial charge in [0.1, 0.15) is 0 Å². The van der Waals surface area contributed by atoms with Crippen molar-refractivity contribution in [1.82, 2.24) is 10.2 Å². The van der Waals surface area contributed by atoms with Gasteiger partial charge in [0.15, 0.2) is 0 Å². The summed E-state index contributed by atoms with van der Waals surface area (Å²) in [7, 11) is 0. The van der Waals surface area contributed by atoms with Gasteiger partial charge in [0.05, 0.1) is 5.69 Å². The van der Waals surface area contributed by atoms with E-state index in [4.69, 9.17) is 5.73 Å². The lowest BCUT2D eigenvalue weighted by Gasteiger charge is -2.06. The van der Waals surface area contributed by atoms with Crippen LogP contribution in [0.4, 0.5) is 5.69 Å². The van der Waals surface area contributed by atoms with Gasteiger partial charge in [-0.1, -0.05) is 12.1 Å². The summed E-state index contributed by atoms with van der Waals surface area (Å²) in [5, 5.41) is 9.70. The number of aromatic amines is 1. The fourth-order valence-corrected chi connectivity index (χ4v) is 1.83. The molecule has 0 saturated carbocycles. The third-order valence-corrected chi connectivity index (χ3v) is 2.82. The second-order valence-electron chi connectivity index (χ2n) is 4.35. The monoisotopic (exact) mass is 258 g/mol. The van der Waals surface area contributed by atoms with Gasteiger partial charge in [-0.15, -0.1) is 0 Å². The molecule has 1 amide bonds. The number of benzene rings is 1. The topological polar surface area (TPSA) is 83.8 Å². The zero-order valence-electron chi connectivity index (χ0n) is 10.7. The first-order chi connectivity index (χ1) is 9.29. The van der Waals surface area contributed by atoms with E-state index in [9.17, 15) is 4.79 Å². The molecule has 0 spiro atoms. The van der Waals surface area contributed by atoms with Crippen LogP contribution in [0, 0.1) is 0 Å². The van der Waals surface area contributed by atoms with E-state index >= 15 is 0 Å². The van der Waals surface area contributed by atoms with Crippen molar-refractivity contribution in [2.45, 2.75) is 19.3 Å². The molecule has 5 nitrogen and oxygen atoms in total. The van der Waals surface area contributed by atoms with E-state index in [0.29, 0.717) is 13.0 Å². The fourth-order valence-electron chi connectivity index (χ4n) is 1.83. The molecule has 0 aliphatic rings. The third kappa shape index (κ3) is 3.93. The summed E-state index contributed by atoms with van der Waals surface area (Å²) in [5.74, 6) is 0.0233. The summed E-state index contributed by atoms with van der Waals surface area (Å²) in [6.07, 6.45) is 3.91. The molecule has 0 fully saturated rings. The predicted octanol–water partition coefficient (Wildman–Crippen LogP) is 2.14. The number of carbonyl (C=O) groups is 1. The van der Waals surface area contributed by atoms with E-state index in [1.54, 1.807) is 6.20 Å². The highest BCUT2D eigenvalue weighted by atomic mass is 16.1. The molecule has 5 heteroatoms. The van der Waals surface area contributed by atoms with Gasteiger partial charge in [0.2, 0.25) is 5.91 Å². The number of rotatable bonds is 6. The van der Waals surface area contributed by atoms with E-state index in [0.717, 1.165) is 29.8 Å². The van der Waals surface area contributed by atoms with Gasteiger partial charge in [0.25, 0.3) is 0 Å². The van der Waals surface area contributed by atoms with Crippen LogP contribution < -0.4 is 11.1 Å². The van der Waals surface area contributed by atoms with E-state index in [1.165, 1.54) is 0 Å². The van der Waals surface area contributed by atoms with Crippen LogP contribution in [0.2, 0.25) is 0 Å². The van der Waals surface area contributed by atoms with Crippen LogP contribution in [0.1, 0.15) is 19.3 Å². The molecule has 0 radical (unpaired) electrons. The lowest BCUT2D eigenvalue weighted by Crippen LogP contribution is -2.12. The van der Waals surface area contributed by atoms with Crippen LogP contribution in [-0.4, -0.2) is 22.6 Å². The summed E-state index contributed by atoms with van der Waals surface area (Å²) >= 11 is 0. The molecule has 100 valence electrons. The number of hydrogen-bond acceptors (Lipinski definition) is 3. The van der Waals surface area contributed by atoms with Crippen molar-refractivity contribution in [3.63, 3.8) is 0 Å². The molecule has 0 unspecified atom stereocenters. The van der Waals surface area contributed by atoms with Crippen molar-refractivity contribution in [2.75, 3.05) is 11.9 Å². The average molecular weight is 258 g/mol. The maximum absolute atomic E-state index is 11.7. The number of amides is 1. The normalized spacial score (nSPS) is 10.4. The molecule has 1 heterocycles. The fraction of sp³-hybridized carbons (Fsp3) is 0.286. The summed E-state index contributed by atoms with van der Waals surface area (Å²) in [4.78, 5) is 11.7. The second kappa shape index (κ2) is 6.70. The number of aromatic nitrogens is 2. The Labute approximate surface area is 112 Å². The lowest BCUT2D eigenvalue weighted by molar-refractivity contribution is -0.116. The first-order valence-corrected chi connectivity index (χ1v) is 6.39. The lowest BCUT2D eigenvalue weighted by atomic mass is 10.1. The van der Waals surface area contributed by atoms with E-state index in [1.807, 2.05) is 30.3 Å². The van der Waals surface area contributed by atoms with Crippen molar-refractivity contribution in [2.24, 2.45) is 5.73 Å². The first kappa shape index (κ1) is 13.3. The molecule has 4 N–H and O–H groups in total. The van der Waals surface area contributed by atoms with Gasteiger partial charge < -0.3 is 11.1 Å². The van der Waals surface area contributed by atoms with Gasteiger partial charge in [-0.2, -0.15) is 5.10 Å². The van der Waals surface area contributed by atoms with E-state index < -0.39 is 0 Å². The average Bonchev–Trinajstić information content (AvgIpc) is 2.93. The van der Waals surface area contributed by atoms with Crippen LogP contribution >= 0.6 is 0 Å². The number of nitrogens with zero attached hydrogens (tertiary/aromatic N) is 1. The largest absolute Gasteiger partial charge is 0.330 e. The van der Waals surface area contributed by atoms with Crippen molar-refractivity contribution in [1.29, 1.82) is 0 Å². The van der Waals surface area contributed by atoms with Crippen LogP contribution in [0.15, 0.2) is 36.5 Å². The SMILES string of the molecule is NCCCCC(=O)Nc1cccc(-c2ccn[nH]2)c1. The van der Waals surface area contributed by atoms with Crippen LogP contribution in [0.5, 0.6) is 0 Å². The maximum atomic E-state index is 11.7. The highest BCUT2D eigenvalue weighted by molar-refractivity contribution is 5.91. The smallest absolute Gasteiger partial charge is 0.224 e. The Kier molecular flexibility index (Phi) is 4.69. The first-order valence-electron chi connectivity index (χ1n) is 6.39. The molecular weight excluding hydrogens is 240 g/mol. The van der Waals surface area contributed by atoms with E-state index in [-0.39, 0.29) is 5.91 Å². The number of unbranched alkanes of at least 4 members (excludes halogenated alkanes) is 1. The Balaban J connectivity index is 1.97. The van der Waals surface area contributed by atoms with Gasteiger partial charge in [0, 0.05) is 23.9 Å². The standard InChI is InChI=1S/C14H18N4O/c15-8-2-1-6-14(19)17-12-5-3-4-11(10-12)13-7-9-16-18-13/h3-5,7,9-10H,1-2,6,8,15H2,(H,16,18)(H,17,19). The summed E-state index contributed by atoms with van der Waals surface area (Å²) in [5.41, 5.74) is 8.12. The molecule has 0 atom stereocenters. The minimum absolute atomic E-state index is 0.0233. The molecule has 19 heavy (non-hydrogen) atoms. The Morgan fingerprint density at radius 1 is 1.32 bits per heavy atom. The second-order valence-corrected chi connectivity index (χ2v) is 4.35. The summed E-state index contributed by atoms with van der Waals surface area (Å²) < 4.78 is 0. The quantitative estimate of drug-likeness (QED) is 0.694. The van der Waals surface area contributed by atoms with Crippen molar-refractivity contribution < 1.29 is 4.79 Å². The molecule has 0 bridgehead atoms. The zero-order chi connectivity index (χ0) is 13.5. The minimum Gasteiger partial charge on any atom is -0.330 e. The number of nitrogens with one attached hydrogen (secondary N) is 2. The van der Waals surface area contributed by atoms with Gasteiger partial charge >= 0.3 is 0 Å². The van der Waals surface area contributed by atoms with Crippen LogP contribution in [0.3, 0.4) is 0 Å². The van der Waals surface area contributed by atoms with Crippen LogP contribution in [0.25, 0.3) is 11.3 Å². The Morgan fingerprint density at radius 2 is 2.21 bits per heavy atom. The molecule has 0 saturated heterocycles. The number of carbonyl (C=O) groups excluding carboxylic acids is 1. The van der Waals surface area contributed by atoms with Gasteiger partial charge in [-0.25, -0.2) is 0 Å². The predicted molar refractivity (Wildman–Crippen MR) is 75.6 cm³/mol. The summed E-state index contributed by atoms with van der Waals surface area (Å²) in [6, 6.07) is 9.57. The molecule has 0 aliphatic heterocycles. The molecule has 1 aromatic carbocycles. The van der Waals surface area contributed by atoms with Crippen LogP contribution in [-0.2, 0) is 4.79 Å². The number of hydrogen-bond donors (Lipinski definition) is 3. The maximum Gasteiger partial charge on any atom is 0.224 e. The summed E-state index contributed by atoms with van der Waals surface area (Å²) in [6.45, 7) is 0.628. The highest BCUT2D eigenvalue weighted by Gasteiger charge is 2.04. The molecular formula is C14H18N4O. The zero-order valence-corrected chi connectivity index (χ0v) is 10.7. The number of anilines is 1. The molecule has 1 aromatic heterocycles. The molecule has 2 aromatic rings. The number of nitrogens with two attached hydrogens (primary N) is 1. The third-order valence-electron chi connectivity index (χ3n) is 2.82. The highest BCUT2D eigenvalue weighted by Crippen LogP contribution is 2.20. The van der Waals surface area contributed by atoms with Gasteiger partial charge in [-0.3, -0.25) is 9.89 Å². The number of H-pyrrole nitrogens is 1. The van der Waals surface area contributed by atoms with Gasteiger partial charge in [-0.05, 0) is 37.6 Å². The Hall–Kier alpha value is -2.14. The molecule has 2 rings (SSSR count). The van der Waals surface area contributed by atoms with E-state index in [2.05, 4.69) is 15.5 Å².